The van der Waals surface area contributed by atoms with Crippen LogP contribution in [0, 0.1) is 5.92 Å². The van der Waals surface area contributed by atoms with Crippen LogP contribution in [0.3, 0.4) is 0 Å². The first-order valence-electron chi connectivity index (χ1n) is 6.07. The maximum Gasteiger partial charge on any atom is 0.260 e. The molecule has 0 spiro atoms. The topological polar surface area (TPSA) is 86.1 Å². The van der Waals surface area contributed by atoms with Gasteiger partial charge < -0.3 is 4.74 Å². The third kappa shape index (κ3) is 3.33. The van der Waals surface area contributed by atoms with Crippen LogP contribution in [0.15, 0.2) is 9.63 Å². The van der Waals surface area contributed by atoms with Crippen LogP contribution in [0.2, 0.25) is 0 Å². The zero-order chi connectivity index (χ0) is 14.0. The quantitative estimate of drug-likeness (QED) is 0.860. The fourth-order valence-corrected chi connectivity index (χ4v) is 4.63. The van der Waals surface area contributed by atoms with E-state index in [1.54, 1.807) is 7.05 Å². The molecule has 1 aliphatic heterocycles. The van der Waals surface area contributed by atoms with Crippen molar-refractivity contribution in [1.29, 1.82) is 0 Å². The number of nitrogens with zero attached hydrogens (tertiary/aromatic N) is 3. The fourth-order valence-electron chi connectivity index (χ4n) is 2.22. The lowest BCUT2D eigenvalue weighted by molar-refractivity contribution is 0.0585. The summed E-state index contributed by atoms with van der Waals surface area (Å²) in [5.74, 6) is 0.295. The van der Waals surface area contributed by atoms with Crippen LogP contribution >= 0.6 is 15.9 Å². The van der Waals surface area contributed by atoms with E-state index >= 15 is 0 Å². The van der Waals surface area contributed by atoms with Crippen LogP contribution in [-0.2, 0) is 21.8 Å². The van der Waals surface area contributed by atoms with Crippen LogP contribution in [-0.4, -0.2) is 42.7 Å². The van der Waals surface area contributed by atoms with Gasteiger partial charge in [0.1, 0.15) is 0 Å². The summed E-state index contributed by atoms with van der Waals surface area (Å²) in [6.45, 7) is 3.26. The number of aryl methyl sites for hydroxylation is 1. The van der Waals surface area contributed by atoms with Gasteiger partial charge in [-0.15, -0.1) is 5.10 Å². The average Bonchev–Trinajstić information content (AvgIpc) is 2.70. The highest BCUT2D eigenvalue weighted by Gasteiger charge is 2.29. The van der Waals surface area contributed by atoms with Gasteiger partial charge in [0.2, 0.25) is 5.03 Å². The normalized spacial score (nSPS) is 19.5. The van der Waals surface area contributed by atoms with Gasteiger partial charge in [-0.05, 0) is 41.6 Å². The lowest BCUT2D eigenvalue weighted by atomic mass is 9.94. The summed E-state index contributed by atoms with van der Waals surface area (Å²) in [6.07, 6.45) is 1.74. The lowest BCUT2D eigenvalue weighted by Crippen LogP contribution is -2.40. The van der Waals surface area contributed by atoms with Crippen molar-refractivity contribution in [3.63, 3.8) is 0 Å². The van der Waals surface area contributed by atoms with Crippen molar-refractivity contribution in [3.05, 3.63) is 4.60 Å². The summed E-state index contributed by atoms with van der Waals surface area (Å²) in [5.41, 5.74) is 0. The summed E-state index contributed by atoms with van der Waals surface area (Å²) >= 11 is 3.11. The van der Waals surface area contributed by atoms with E-state index in [9.17, 15) is 8.42 Å². The molecular formula is C10H17BrN4O3S. The fraction of sp³-hybridized carbons (Fsp3) is 0.800. The molecule has 19 heavy (non-hydrogen) atoms. The van der Waals surface area contributed by atoms with Crippen molar-refractivity contribution in [2.24, 2.45) is 13.0 Å². The van der Waals surface area contributed by atoms with Crippen LogP contribution in [0.4, 0.5) is 0 Å². The molecule has 1 saturated heterocycles. The Morgan fingerprint density at radius 2 is 2.11 bits per heavy atom. The first kappa shape index (κ1) is 14.9. The minimum atomic E-state index is -3.63. The Morgan fingerprint density at radius 3 is 2.63 bits per heavy atom. The van der Waals surface area contributed by atoms with Crippen molar-refractivity contribution >= 4 is 26.0 Å². The summed E-state index contributed by atoms with van der Waals surface area (Å²) in [4.78, 5) is 0. The highest BCUT2D eigenvalue weighted by atomic mass is 79.9. The lowest BCUT2D eigenvalue weighted by Gasteiger charge is -2.28. The van der Waals surface area contributed by atoms with Crippen LogP contribution in [0.5, 0.6) is 0 Å². The van der Waals surface area contributed by atoms with Crippen LogP contribution in [0.25, 0.3) is 0 Å². The van der Waals surface area contributed by atoms with E-state index in [1.165, 1.54) is 4.68 Å². The zero-order valence-corrected chi connectivity index (χ0v) is 13.2. The summed E-state index contributed by atoms with van der Waals surface area (Å²) < 4.78 is 34.1. The molecule has 7 nitrogen and oxygen atoms in total. The van der Waals surface area contributed by atoms with Crippen LogP contribution < -0.4 is 4.72 Å². The van der Waals surface area contributed by atoms with Crippen molar-refractivity contribution < 1.29 is 13.2 Å². The van der Waals surface area contributed by atoms with Crippen molar-refractivity contribution in [2.45, 2.75) is 30.8 Å². The Balaban J connectivity index is 2.13. The average molecular weight is 353 g/mol. The minimum Gasteiger partial charge on any atom is -0.381 e. The molecule has 1 aliphatic rings. The Labute approximate surface area is 120 Å². The van der Waals surface area contributed by atoms with Gasteiger partial charge in [0.05, 0.1) is 0 Å². The first-order valence-corrected chi connectivity index (χ1v) is 8.34. The van der Waals surface area contributed by atoms with Gasteiger partial charge in [-0.25, -0.2) is 17.8 Å². The molecule has 1 N–H and O–H groups in total. The van der Waals surface area contributed by atoms with Gasteiger partial charge in [0.15, 0.2) is 4.60 Å². The Morgan fingerprint density at radius 1 is 1.47 bits per heavy atom. The van der Waals surface area contributed by atoms with Gasteiger partial charge >= 0.3 is 0 Å². The second-order valence-electron chi connectivity index (χ2n) is 4.67. The van der Waals surface area contributed by atoms with E-state index in [1.807, 2.05) is 6.92 Å². The maximum atomic E-state index is 12.3. The molecule has 1 aromatic rings. The van der Waals surface area contributed by atoms with Gasteiger partial charge in [-0.2, -0.15) is 0 Å². The standard InChI is InChI=1S/C10H17BrN4O3S/c1-7(8-3-5-18-6-4-8)13-19(16,17)10-9(11)12-14-15(10)2/h7-8,13H,3-6H2,1-2H3. The second-order valence-corrected chi connectivity index (χ2v) is 7.05. The molecule has 0 saturated carbocycles. The molecule has 1 atom stereocenters. The van der Waals surface area contributed by atoms with Crippen LogP contribution in [0.1, 0.15) is 19.8 Å². The monoisotopic (exact) mass is 352 g/mol. The van der Waals surface area contributed by atoms with E-state index in [2.05, 4.69) is 31.0 Å². The predicted molar refractivity (Wildman–Crippen MR) is 72.0 cm³/mol. The number of ether oxygens (including phenoxy) is 1. The second kappa shape index (κ2) is 5.86. The molecule has 1 unspecified atom stereocenters. The highest BCUT2D eigenvalue weighted by molar-refractivity contribution is 9.10. The predicted octanol–water partition coefficient (Wildman–Crippen LogP) is 0.671. The van der Waals surface area contributed by atoms with E-state index < -0.39 is 10.0 Å². The summed E-state index contributed by atoms with van der Waals surface area (Å²) in [6, 6.07) is -0.143. The van der Waals surface area contributed by atoms with E-state index in [0.29, 0.717) is 19.1 Å². The molecule has 2 rings (SSSR count). The number of hydrogen-bond acceptors (Lipinski definition) is 5. The maximum absolute atomic E-state index is 12.3. The molecule has 0 amide bonds. The van der Waals surface area contributed by atoms with Crippen molar-refractivity contribution in [3.8, 4) is 0 Å². The Hall–Kier alpha value is -0.510. The SMILES string of the molecule is CC(NS(=O)(=O)c1c(Br)nnn1C)C1CCOCC1. The van der Waals surface area contributed by atoms with Gasteiger partial charge in [0.25, 0.3) is 10.0 Å². The van der Waals surface area contributed by atoms with Gasteiger partial charge in [0, 0.05) is 26.3 Å². The van der Waals surface area contributed by atoms with Gasteiger partial charge in [-0.1, -0.05) is 5.21 Å². The molecule has 2 heterocycles. The molecule has 0 radical (unpaired) electrons. The molecule has 0 aromatic carbocycles. The number of aromatic nitrogens is 3. The molecule has 0 bridgehead atoms. The number of nitrogens with one attached hydrogen (secondary N) is 1. The highest BCUT2D eigenvalue weighted by Crippen LogP contribution is 2.22. The van der Waals surface area contributed by atoms with E-state index in [-0.39, 0.29) is 15.7 Å². The largest absolute Gasteiger partial charge is 0.381 e. The third-order valence-electron chi connectivity index (χ3n) is 3.31. The minimum absolute atomic E-state index is 0.0476. The number of sulfonamides is 1. The molecule has 1 aromatic heterocycles. The molecule has 9 heteroatoms. The Bertz CT molecular complexity index is 519. The van der Waals surface area contributed by atoms with Crippen molar-refractivity contribution in [2.75, 3.05) is 13.2 Å². The number of hydrogen-bond donors (Lipinski definition) is 1. The van der Waals surface area contributed by atoms with Crippen molar-refractivity contribution in [1.82, 2.24) is 19.7 Å². The first-order chi connectivity index (χ1) is 8.92. The Kier molecular flexibility index (Phi) is 4.59. The molecule has 108 valence electrons. The van der Waals surface area contributed by atoms with Gasteiger partial charge in [-0.3, -0.25) is 0 Å². The third-order valence-corrected chi connectivity index (χ3v) is 5.75. The summed E-state index contributed by atoms with van der Waals surface area (Å²) in [5, 5.41) is 7.42. The summed E-state index contributed by atoms with van der Waals surface area (Å²) in [7, 11) is -2.08. The molecular weight excluding hydrogens is 336 g/mol. The van der Waals surface area contributed by atoms with E-state index in [0.717, 1.165) is 12.8 Å². The smallest absolute Gasteiger partial charge is 0.260 e. The number of rotatable bonds is 4. The molecule has 1 fully saturated rings. The zero-order valence-electron chi connectivity index (χ0n) is 10.8. The van der Waals surface area contributed by atoms with E-state index in [4.69, 9.17) is 4.74 Å². The number of halogens is 1. The molecule has 0 aliphatic carbocycles.